The second kappa shape index (κ2) is 6.64. The zero-order chi connectivity index (χ0) is 18.5. The van der Waals surface area contributed by atoms with Crippen LogP contribution in [-0.2, 0) is 19.1 Å². The van der Waals surface area contributed by atoms with E-state index in [4.69, 9.17) is 9.47 Å². The van der Waals surface area contributed by atoms with Crippen molar-refractivity contribution in [3.63, 3.8) is 0 Å². The molecule has 0 aromatic rings. The molecule has 0 bridgehead atoms. The van der Waals surface area contributed by atoms with E-state index >= 15 is 0 Å². The third-order valence-corrected chi connectivity index (χ3v) is 6.82. The number of likely N-dealkylation sites (tertiary alicyclic amines) is 1. The van der Waals surface area contributed by atoms with Gasteiger partial charge in [-0.3, -0.25) is 14.5 Å². The lowest BCUT2D eigenvalue weighted by atomic mass is 9.80. The van der Waals surface area contributed by atoms with Gasteiger partial charge in [0.2, 0.25) is 0 Å². The zero-order valence-corrected chi connectivity index (χ0v) is 15.6. The molecule has 4 aliphatic rings. The lowest BCUT2D eigenvalue weighted by molar-refractivity contribution is -0.147. The van der Waals surface area contributed by atoms with Crippen LogP contribution in [0.1, 0.15) is 52.4 Å². The maximum absolute atomic E-state index is 12.7. The summed E-state index contributed by atoms with van der Waals surface area (Å²) < 4.78 is 11.8. The average molecular weight is 363 g/mol. The van der Waals surface area contributed by atoms with Gasteiger partial charge in [-0.2, -0.15) is 0 Å². The Balaban J connectivity index is 1.54. The first-order valence-corrected chi connectivity index (χ1v) is 9.90. The second-order valence-electron chi connectivity index (χ2n) is 8.64. The molecule has 4 rings (SSSR count). The van der Waals surface area contributed by atoms with Crippen molar-refractivity contribution in [2.45, 2.75) is 76.2 Å². The normalized spacial score (nSPS) is 45.2. The van der Waals surface area contributed by atoms with Crippen molar-refractivity contribution < 1.29 is 24.2 Å². The van der Waals surface area contributed by atoms with E-state index in [1.807, 2.05) is 4.90 Å². The fraction of sp³-hybridized carbons (Fsp3) is 0.800. The van der Waals surface area contributed by atoms with Crippen molar-refractivity contribution in [2.75, 3.05) is 13.1 Å². The lowest BCUT2D eigenvalue weighted by Crippen LogP contribution is -2.42. The number of aliphatic carboxylic acids is 1. The molecule has 3 aliphatic heterocycles. The van der Waals surface area contributed by atoms with E-state index in [9.17, 15) is 14.7 Å². The van der Waals surface area contributed by atoms with Crippen LogP contribution in [0, 0.1) is 11.8 Å². The van der Waals surface area contributed by atoms with E-state index in [-0.39, 0.29) is 35.6 Å². The summed E-state index contributed by atoms with van der Waals surface area (Å²) in [6, 6.07) is -0.467. The highest BCUT2D eigenvalue weighted by Gasteiger charge is 2.62. The maximum atomic E-state index is 12.7. The van der Waals surface area contributed by atoms with E-state index in [2.05, 4.69) is 19.9 Å². The molecule has 0 saturated carbocycles. The number of hydrogen-bond donors (Lipinski definition) is 1. The predicted octanol–water partition coefficient (Wildman–Crippen LogP) is 2.37. The van der Waals surface area contributed by atoms with Crippen LogP contribution in [0.2, 0.25) is 0 Å². The number of rotatable bonds is 3. The molecule has 6 unspecified atom stereocenters. The summed E-state index contributed by atoms with van der Waals surface area (Å²) >= 11 is 0. The predicted molar refractivity (Wildman–Crippen MR) is 94.6 cm³/mol. The topological polar surface area (TPSA) is 79.4 Å². The molecule has 6 nitrogen and oxygen atoms in total. The van der Waals surface area contributed by atoms with Gasteiger partial charge in [-0.05, 0) is 58.9 Å². The summed E-state index contributed by atoms with van der Waals surface area (Å²) in [5.74, 6) is -1.10. The van der Waals surface area contributed by atoms with Crippen molar-refractivity contribution in [1.29, 1.82) is 0 Å². The fourth-order valence-corrected chi connectivity index (χ4v) is 5.12. The molecule has 3 heterocycles. The van der Waals surface area contributed by atoms with E-state index in [1.54, 1.807) is 0 Å². The monoisotopic (exact) mass is 363 g/mol. The maximum Gasteiger partial charge on any atom is 0.320 e. The van der Waals surface area contributed by atoms with Gasteiger partial charge in [0, 0.05) is 12.5 Å². The summed E-state index contributed by atoms with van der Waals surface area (Å²) in [6.45, 7) is 5.50. The molecule has 1 aliphatic carbocycles. The molecular formula is C20H29NO5. The number of hydrogen-bond acceptors (Lipinski definition) is 5. The van der Waals surface area contributed by atoms with E-state index in [0.29, 0.717) is 13.0 Å². The fourth-order valence-electron chi connectivity index (χ4n) is 5.12. The Morgan fingerprint density at radius 3 is 3.00 bits per heavy atom. The SMILES string of the molecule is C/C1=C/CCC2(C)OC2C2OC(=O)C(CN3CCCC3C(=O)O)C2CC1. The molecule has 144 valence electrons. The highest BCUT2D eigenvalue weighted by molar-refractivity contribution is 5.77. The Kier molecular flexibility index (Phi) is 4.59. The Labute approximate surface area is 154 Å². The molecule has 0 spiro atoms. The minimum absolute atomic E-state index is 0.0119. The molecule has 6 atom stereocenters. The second-order valence-corrected chi connectivity index (χ2v) is 8.64. The van der Waals surface area contributed by atoms with Crippen LogP contribution in [0.3, 0.4) is 0 Å². The molecular weight excluding hydrogens is 334 g/mol. The van der Waals surface area contributed by atoms with Crippen LogP contribution in [0.15, 0.2) is 11.6 Å². The number of ether oxygens (including phenoxy) is 2. The minimum Gasteiger partial charge on any atom is -0.480 e. The van der Waals surface area contributed by atoms with Gasteiger partial charge in [-0.15, -0.1) is 0 Å². The largest absolute Gasteiger partial charge is 0.480 e. The van der Waals surface area contributed by atoms with Gasteiger partial charge < -0.3 is 14.6 Å². The number of carbonyl (C=O) groups excluding carboxylic acids is 1. The highest BCUT2D eigenvalue weighted by atomic mass is 16.6. The molecule has 0 radical (unpaired) electrons. The molecule has 3 fully saturated rings. The lowest BCUT2D eigenvalue weighted by Gasteiger charge is -2.27. The van der Waals surface area contributed by atoms with Crippen molar-refractivity contribution in [1.82, 2.24) is 4.90 Å². The number of carbonyl (C=O) groups is 2. The highest BCUT2D eigenvalue weighted by Crippen LogP contribution is 2.50. The van der Waals surface area contributed by atoms with Crippen molar-refractivity contribution in [3.05, 3.63) is 11.6 Å². The standard InChI is InChI=1S/C20H29NO5/c1-12-5-3-9-20(2)17(26-20)16-13(8-7-12)14(19(24)25-16)11-21-10-4-6-15(21)18(22)23/h5,13-17H,3-4,6-11H2,1-2H3,(H,22,23)/b12-5-. The zero-order valence-electron chi connectivity index (χ0n) is 15.6. The van der Waals surface area contributed by atoms with Crippen molar-refractivity contribution >= 4 is 11.9 Å². The van der Waals surface area contributed by atoms with Gasteiger partial charge in [-0.1, -0.05) is 11.6 Å². The van der Waals surface area contributed by atoms with Crippen LogP contribution in [-0.4, -0.2) is 58.9 Å². The number of esters is 1. The Hall–Kier alpha value is -1.40. The summed E-state index contributed by atoms with van der Waals surface area (Å²) in [5, 5.41) is 9.44. The molecule has 1 N–H and O–H groups in total. The molecule has 26 heavy (non-hydrogen) atoms. The number of nitrogens with zero attached hydrogens (tertiary/aromatic N) is 1. The first-order valence-electron chi connectivity index (χ1n) is 9.90. The first kappa shape index (κ1) is 18.0. The van der Waals surface area contributed by atoms with Crippen LogP contribution in [0.4, 0.5) is 0 Å². The van der Waals surface area contributed by atoms with Crippen LogP contribution in [0.25, 0.3) is 0 Å². The molecule has 3 saturated heterocycles. The average Bonchev–Trinajstić information content (AvgIpc) is 2.92. The van der Waals surface area contributed by atoms with Gasteiger partial charge in [0.1, 0.15) is 18.2 Å². The van der Waals surface area contributed by atoms with Crippen LogP contribution in [0.5, 0.6) is 0 Å². The Morgan fingerprint density at radius 2 is 2.23 bits per heavy atom. The third-order valence-electron chi connectivity index (χ3n) is 6.82. The molecule has 6 heteroatoms. The smallest absolute Gasteiger partial charge is 0.320 e. The molecule has 0 amide bonds. The van der Waals surface area contributed by atoms with Gasteiger partial charge >= 0.3 is 11.9 Å². The molecule has 0 aromatic heterocycles. The van der Waals surface area contributed by atoms with Gasteiger partial charge in [-0.25, -0.2) is 0 Å². The summed E-state index contributed by atoms with van der Waals surface area (Å²) in [5.41, 5.74) is 1.16. The Bertz CT molecular complexity index is 632. The summed E-state index contributed by atoms with van der Waals surface area (Å²) in [6.07, 6.45) is 7.43. The number of allylic oxidation sites excluding steroid dienone is 2. The van der Waals surface area contributed by atoms with Crippen LogP contribution >= 0.6 is 0 Å². The van der Waals surface area contributed by atoms with Gasteiger partial charge in [0.05, 0.1) is 11.5 Å². The third kappa shape index (κ3) is 3.18. The van der Waals surface area contributed by atoms with Gasteiger partial charge in [0.25, 0.3) is 0 Å². The van der Waals surface area contributed by atoms with Gasteiger partial charge in [0.15, 0.2) is 0 Å². The van der Waals surface area contributed by atoms with Crippen LogP contribution < -0.4 is 0 Å². The summed E-state index contributed by atoms with van der Waals surface area (Å²) in [4.78, 5) is 26.1. The van der Waals surface area contributed by atoms with E-state index in [1.165, 1.54) is 5.57 Å². The summed E-state index contributed by atoms with van der Waals surface area (Å²) in [7, 11) is 0. The first-order chi connectivity index (χ1) is 12.4. The van der Waals surface area contributed by atoms with Crippen molar-refractivity contribution in [2.24, 2.45) is 11.8 Å². The number of carboxylic acid groups (broad SMARTS) is 1. The number of carboxylic acids is 1. The number of fused-ring (bicyclic) bond motifs is 3. The minimum atomic E-state index is -0.784. The quantitative estimate of drug-likeness (QED) is 0.471. The van der Waals surface area contributed by atoms with Crippen molar-refractivity contribution in [3.8, 4) is 0 Å². The van der Waals surface area contributed by atoms with E-state index < -0.39 is 12.0 Å². The van der Waals surface area contributed by atoms with E-state index in [0.717, 1.165) is 38.6 Å². The number of epoxide rings is 1. The molecule has 0 aromatic carbocycles. The Morgan fingerprint density at radius 1 is 1.42 bits per heavy atom.